The monoisotopic (exact) mass is 210 g/mol. The van der Waals surface area contributed by atoms with E-state index in [4.69, 9.17) is 5.73 Å². The first-order valence-corrected chi connectivity index (χ1v) is 5.07. The van der Waals surface area contributed by atoms with E-state index in [2.05, 4.69) is 5.32 Å². The molecule has 1 atom stereocenters. The van der Waals surface area contributed by atoms with E-state index in [1.54, 1.807) is 0 Å². The number of rotatable bonds is 3. The van der Waals surface area contributed by atoms with Crippen LogP contribution in [0.5, 0.6) is 0 Å². The molecule has 2 nitrogen and oxygen atoms in total. The van der Waals surface area contributed by atoms with Gasteiger partial charge in [-0.3, -0.25) is 0 Å². The minimum atomic E-state index is -4.22. The molecule has 0 aromatic heterocycles. The molecule has 1 saturated carbocycles. The number of nitrogens with one attached hydrogen (secondary N) is 1. The first-order chi connectivity index (χ1) is 6.54. The molecule has 0 bridgehead atoms. The summed E-state index contributed by atoms with van der Waals surface area (Å²) in [5, 5.41) is 2.60. The number of nitrogens with two attached hydrogens (primary N) is 1. The van der Waals surface area contributed by atoms with Crippen molar-refractivity contribution in [1.29, 1.82) is 0 Å². The second-order valence-electron chi connectivity index (χ2n) is 3.83. The molecule has 0 aromatic rings. The number of hydrogen-bond donors (Lipinski definition) is 2. The lowest BCUT2D eigenvalue weighted by Crippen LogP contribution is -2.51. The molecule has 5 heteroatoms. The molecule has 0 heterocycles. The highest BCUT2D eigenvalue weighted by atomic mass is 19.4. The van der Waals surface area contributed by atoms with Crippen LogP contribution in [0.25, 0.3) is 0 Å². The van der Waals surface area contributed by atoms with Crippen LogP contribution in [0, 0.1) is 0 Å². The SMILES string of the molecule is NCC(NC1CCCCC1)C(F)(F)F. The van der Waals surface area contributed by atoms with Crippen molar-refractivity contribution in [2.75, 3.05) is 6.54 Å². The fourth-order valence-corrected chi connectivity index (χ4v) is 1.85. The molecule has 0 aliphatic heterocycles. The Kier molecular flexibility index (Phi) is 4.19. The van der Waals surface area contributed by atoms with Crippen molar-refractivity contribution in [3.05, 3.63) is 0 Å². The molecule has 1 aliphatic rings. The molecule has 3 N–H and O–H groups in total. The van der Waals surface area contributed by atoms with Crippen molar-refractivity contribution in [3.63, 3.8) is 0 Å². The van der Waals surface area contributed by atoms with Crippen molar-refractivity contribution in [1.82, 2.24) is 5.32 Å². The summed E-state index contributed by atoms with van der Waals surface area (Å²) in [6.07, 6.45) is 0.641. The summed E-state index contributed by atoms with van der Waals surface area (Å²) in [6, 6.07) is -1.54. The van der Waals surface area contributed by atoms with Gasteiger partial charge in [-0.1, -0.05) is 19.3 Å². The molecule has 0 aromatic carbocycles. The first kappa shape index (κ1) is 11.8. The first-order valence-electron chi connectivity index (χ1n) is 5.07. The van der Waals surface area contributed by atoms with Gasteiger partial charge in [-0.05, 0) is 12.8 Å². The average molecular weight is 210 g/mol. The molecule has 0 amide bonds. The van der Waals surface area contributed by atoms with Gasteiger partial charge in [0.1, 0.15) is 6.04 Å². The Labute approximate surface area is 82.0 Å². The highest BCUT2D eigenvalue weighted by molar-refractivity contribution is 4.82. The van der Waals surface area contributed by atoms with Gasteiger partial charge in [0.2, 0.25) is 0 Å². The lowest BCUT2D eigenvalue weighted by molar-refractivity contribution is -0.155. The van der Waals surface area contributed by atoms with Crippen LogP contribution >= 0.6 is 0 Å². The Morgan fingerprint density at radius 3 is 2.21 bits per heavy atom. The zero-order valence-corrected chi connectivity index (χ0v) is 8.11. The minimum Gasteiger partial charge on any atom is -0.329 e. The van der Waals surface area contributed by atoms with E-state index in [0.29, 0.717) is 0 Å². The summed E-state index contributed by atoms with van der Waals surface area (Å²) in [4.78, 5) is 0. The van der Waals surface area contributed by atoms with Gasteiger partial charge in [0.05, 0.1) is 0 Å². The molecule has 1 unspecified atom stereocenters. The summed E-state index contributed by atoms with van der Waals surface area (Å²) < 4.78 is 37.0. The van der Waals surface area contributed by atoms with Crippen LogP contribution in [-0.2, 0) is 0 Å². The fourth-order valence-electron chi connectivity index (χ4n) is 1.85. The van der Waals surface area contributed by atoms with Gasteiger partial charge in [-0.25, -0.2) is 0 Å². The van der Waals surface area contributed by atoms with Crippen LogP contribution in [0.1, 0.15) is 32.1 Å². The Bertz CT molecular complexity index is 164. The largest absolute Gasteiger partial charge is 0.405 e. The summed E-state index contributed by atoms with van der Waals surface area (Å²) in [7, 11) is 0. The van der Waals surface area contributed by atoms with Gasteiger partial charge in [0.25, 0.3) is 0 Å². The van der Waals surface area contributed by atoms with Gasteiger partial charge in [0, 0.05) is 12.6 Å². The normalized spacial score (nSPS) is 22.3. The molecule has 0 spiro atoms. The average Bonchev–Trinajstić information content (AvgIpc) is 2.14. The summed E-state index contributed by atoms with van der Waals surface area (Å²) >= 11 is 0. The Balaban J connectivity index is 2.39. The highest BCUT2D eigenvalue weighted by Crippen LogP contribution is 2.23. The van der Waals surface area contributed by atoms with E-state index in [1.807, 2.05) is 0 Å². The topological polar surface area (TPSA) is 38.0 Å². The van der Waals surface area contributed by atoms with Crippen LogP contribution in [0.3, 0.4) is 0 Å². The molecular weight excluding hydrogens is 193 g/mol. The van der Waals surface area contributed by atoms with Gasteiger partial charge >= 0.3 is 6.18 Å². The summed E-state index contributed by atoms with van der Waals surface area (Å²) in [5.74, 6) is 0. The molecule has 1 aliphatic carbocycles. The van der Waals surface area contributed by atoms with Crippen LogP contribution in [0.4, 0.5) is 13.2 Å². The minimum absolute atomic E-state index is 0.000995. The molecule has 1 fully saturated rings. The highest BCUT2D eigenvalue weighted by Gasteiger charge is 2.39. The molecule has 0 saturated heterocycles. The third-order valence-corrected chi connectivity index (χ3v) is 2.67. The third-order valence-electron chi connectivity index (χ3n) is 2.67. The predicted octanol–water partition coefficient (Wildman–Crippen LogP) is 1.80. The zero-order chi connectivity index (χ0) is 10.6. The zero-order valence-electron chi connectivity index (χ0n) is 8.11. The van der Waals surface area contributed by atoms with Crippen molar-refractivity contribution in [2.45, 2.75) is 50.4 Å². The Morgan fingerprint density at radius 1 is 1.21 bits per heavy atom. The van der Waals surface area contributed by atoms with Crippen LogP contribution in [-0.4, -0.2) is 24.8 Å². The van der Waals surface area contributed by atoms with Gasteiger partial charge in [-0.2, -0.15) is 13.2 Å². The van der Waals surface area contributed by atoms with Crippen molar-refractivity contribution in [3.8, 4) is 0 Å². The Hall–Kier alpha value is -0.290. The summed E-state index contributed by atoms with van der Waals surface area (Å²) in [5.41, 5.74) is 5.09. The lowest BCUT2D eigenvalue weighted by Gasteiger charge is -2.28. The standard InChI is InChI=1S/C9H17F3N2/c10-9(11,12)8(6-13)14-7-4-2-1-3-5-7/h7-8,14H,1-6,13H2. The predicted molar refractivity (Wildman–Crippen MR) is 48.9 cm³/mol. The maximum atomic E-state index is 12.3. The van der Waals surface area contributed by atoms with E-state index < -0.39 is 12.2 Å². The molecule has 14 heavy (non-hydrogen) atoms. The third kappa shape index (κ3) is 3.46. The molecule has 1 rings (SSSR count). The second kappa shape index (κ2) is 4.98. The van der Waals surface area contributed by atoms with Crippen molar-refractivity contribution < 1.29 is 13.2 Å². The van der Waals surface area contributed by atoms with Crippen LogP contribution in [0.15, 0.2) is 0 Å². The molecule has 0 radical (unpaired) electrons. The fraction of sp³-hybridized carbons (Fsp3) is 1.00. The van der Waals surface area contributed by atoms with E-state index in [0.717, 1.165) is 32.1 Å². The van der Waals surface area contributed by atoms with Crippen LogP contribution < -0.4 is 11.1 Å². The van der Waals surface area contributed by atoms with E-state index in [-0.39, 0.29) is 12.6 Å². The van der Waals surface area contributed by atoms with Gasteiger partial charge in [0.15, 0.2) is 0 Å². The second-order valence-corrected chi connectivity index (χ2v) is 3.83. The van der Waals surface area contributed by atoms with Gasteiger partial charge in [-0.15, -0.1) is 0 Å². The molecular formula is C9H17F3N2. The molecule has 84 valence electrons. The van der Waals surface area contributed by atoms with Crippen LogP contribution in [0.2, 0.25) is 0 Å². The summed E-state index contributed by atoms with van der Waals surface area (Å²) in [6.45, 7) is -0.375. The maximum absolute atomic E-state index is 12.3. The maximum Gasteiger partial charge on any atom is 0.405 e. The van der Waals surface area contributed by atoms with E-state index in [1.165, 1.54) is 0 Å². The number of alkyl halides is 3. The smallest absolute Gasteiger partial charge is 0.329 e. The van der Waals surface area contributed by atoms with E-state index in [9.17, 15) is 13.2 Å². The number of hydrogen-bond acceptors (Lipinski definition) is 2. The van der Waals surface area contributed by atoms with Gasteiger partial charge < -0.3 is 11.1 Å². The Morgan fingerprint density at radius 2 is 1.79 bits per heavy atom. The van der Waals surface area contributed by atoms with Crippen molar-refractivity contribution in [2.24, 2.45) is 5.73 Å². The van der Waals surface area contributed by atoms with Crippen molar-refractivity contribution >= 4 is 0 Å². The number of halogens is 3. The van der Waals surface area contributed by atoms with E-state index >= 15 is 0 Å². The lowest BCUT2D eigenvalue weighted by atomic mass is 9.95. The quantitative estimate of drug-likeness (QED) is 0.745.